The van der Waals surface area contributed by atoms with Gasteiger partial charge in [-0.3, -0.25) is 0 Å². The van der Waals surface area contributed by atoms with Crippen LogP contribution in [0.5, 0.6) is 0 Å². The number of halogens is 1. The Labute approximate surface area is 91.0 Å². The molecule has 3 aromatic rings. The average molecular weight is 212 g/mol. The number of pyridine rings is 1. The van der Waals surface area contributed by atoms with Gasteiger partial charge in [0.2, 0.25) is 0 Å². The van der Waals surface area contributed by atoms with Crippen molar-refractivity contribution in [3.63, 3.8) is 0 Å². The third kappa shape index (κ3) is 1.35. The lowest BCUT2D eigenvalue weighted by molar-refractivity contribution is 0.631. The molecule has 0 spiro atoms. The van der Waals surface area contributed by atoms with Crippen LogP contribution in [0.1, 0.15) is 0 Å². The molecular weight excluding hydrogens is 205 g/mol. The summed E-state index contributed by atoms with van der Waals surface area (Å²) in [5.74, 6) is -0.261. The summed E-state index contributed by atoms with van der Waals surface area (Å²) in [6, 6.07) is 8.38. The highest BCUT2D eigenvalue weighted by atomic mass is 19.1. The van der Waals surface area contributed by atoms with E-state index in [1.165, 1.54) is 6.07 Å². The average Bonchev–Trinajstić information content (AvgIpc) is 2.76. The lowest BCUT2D eigenvalue weighted by Crippen LogP contribution is -1.85. The fourth-order valence-corrected chi connectivity index (χ4v) is 1.62. The Hall–Kier alpha value is -2.23. The monoisotopic (exact) mass is 212 g/mol. The van der Waals surface area contributed by atoms with Gasteiger partial charge < -0.3 is 4.98 Å². The molecule has 0 saturated heterocycles. The van der Waals surface area contributed by atoms with Gasteiger partial charge in [-0.05, 0) is 12.1 Å². The summed E-state index contributed by atoms with van der Waals surface area (Å²) in [5.41, 5.74) is 2.58. The summed E-state index contributed by atoms with van der Waals surface area (Å²) in [4.78, 5) is 10.9. The number of nitrogens with zero attached hydrogens (tertiary/aromatic N) is 2. The van der Waals surface area contributed by atoms with Gasteiger partial charge in [0.15, 0.2) is 12.0 Å². The zero-order valence-electron chi connectivity index (χ0n) is 8.24. The summed E-state index contributed by atoms with van der Waals surface area (Å²) < 4.78 is 13.5. The van der Waals surface area contributed by atoms with Crippen LogP contribution in [-0.2, 0) is 0 Å². The van der Waals surface area contributed by atoms with Crippen molar-refractivity contribution in [3.05, 3.63) is 48.7 Å². The number of aromatic amines is 1. The van der Waals surface area contributed by atoms with E-state index in [0.29, 0.717) is 22.3 Å². The van der Waals surface area contributed by atoms with Gasteiger partial charge in [0.05, 0.1) is 0 Å². The Morgan fingerprint density at radius 1 is 1.25 bits per heavy atom. The number of hydrogen-bond donors (Lipinski definition) is 1. The third-order valence-corrected chi connectivity index (χ3v) is 2.40. The number of benzene rings is 1. The van der Waals surface area contributed by atoms with Crippen molar-refractivity contribution < 1.29 is 4.39 Å². The molecule has 3 rings (SSSR count). The van der Waals surface area contributed by atoms with E-state index in [2.05, 4.69) is 21.3 Å². The molecule has 3 nitrogen and oxygen atoms in total. The van der Waals surface area contributed by atoms with Crippen LogP contribution in [0.25, 0.3) is 22.3 Å². The van der Waals surface area contributed by atoms with Crippen molar-refractivity contribution in [1.29, 1.82) is 0 Å². The predicted octanol–water partition coefficient (Wildman–Crippen LogP) is 2.56. The van der Waals surface area contributed by atoms with E-state index in [9.17, 15) is 4.39 Å². The molecule has 0 atom stereocenters. The Morgan fingerprint density at radius 3 is 3.00 bits per heavy atom. The molecule has 0 saturated carbocycles. The Bertz CT molecular complexity index is 645. The van der Waals surface area contributed by atoms with Crippen LogP contribution >= 0.6 is 0 Å². The van der Waals surface area contributed by atoms with Crippen molar-refractivity contribution in [2.75, 3.05) is 0 Å². The molecule has 0 fully saturated rings. The molecule has 1 aromatic carbocycles. The van der Waals surface area contributed by atoms with Gasteiger partial charge in [0.25, 0.3) is 0 Å². The van der Waals surface area contributed by atoms with E-state index in [0.717, 1.165) is 0 Å². The maximum atomic E-state index is 13.5. The van der Waals surface area contributed by atoms with Gasteiger partial charge in [0, 0.05) is 17.3 Å². The number of hydrogen-bond acceptors (Lipinski definition) is 2. The summed E-state index contributed by atoms with van der Waals surface area (Å²) in [7, 11) is 0. The molecule has 77 valence electrons. The molecule has 2 heterocycles. The summed E-state index contributed by atoms with van der Waals surface area (Å²) in [5, 5.41) is 0. The van der Waals surface area contributed by atoms with E-state index < -0.39 is 0 Å². The molecule has 16 heavy (non-hydrogen) atoms. The number of nitrogens with one attached hydrogen (secondary N) is 1. The van der Waals surface area contributed by atoms with Crippen LogP contribution in [0.2, 0.25) is 0 Å². The molecule has 4 heteroatoms. The van der Waals surface area contributed by atoms with Crippen LogP contribution in [0, 0.1) is 12.1 Å². The lowest BCUT2D eigenvalue weighted by atomic mass is 10.1. The second kappa shape index (κ2) is 3.41. The van der Waals surface area contributed by atoms with Crippen LogP contribution in [0.4, 0.5) is 4.39 Å². The van der Waals surface area contributed by atoms with Crippen LogP contribution in [0.3, 0.4) is 0 Å². The van der Waals surface area contributed by atoms with Gasteiger partial charge >= 0.3 is 0 Å². The Balaban J connectivity index is 2.22. The number of rotatable bonds is 1. The van der Waals surface area contributed by atoms with Crippen molar-refractivity contribution in [1.82, 2.24) is 15.0 Å². The maximum absolute atomic E-state index is 13.5. The van der Waals surface area contributed by atoms with Crippen LogP contribution in [-0.4, -0.2) is 15.0 Å². The standard InChI is InChI=1S/C12H7FN3/c13-10-4-2-1-3-9(10)8-5-11-12(14-6-8)16-7-15-11/h1-6H,(H,14,15,16). The lowest BCUT2D eigenvalue weighted by Gasteiger charge is -2.01. The Kier molecular flexibility index (Phi) is 1.93. The first-order valence-corrected chi connectivity index (χ1v) is 4.81. The van der Waals surface area contributed by atoms with E-state index in [-0.39, 0.29) is 5.82 Å². The number of fused-ring (bicyclic) bond motifs is 1. The van der Waals surface area contributed by atoms with Crippen molar-refractivity contribution >= 4 is 11.2 Å². The second-order valence-electron chi connectivity index (χ2n) is 3.42. The minimum Gasteiger partial charge on any atom is -0.320 e. The smallest absolute Gasteiger partial charge is 0.175 e. The topological polar surface area (TPSA) is 41.6 Å². The van der Waals surface area contributed by atoms with Gasteiger partial charge in [-0.25, -0.2) is 14.4 Å². The predicted molar refractivity (Wildman–Crippen MR) is 58.1 cm³/mol. The fourth-order valence-electron chi connectivity index (χ4n) is 1.62. The largest absolute Gasteiger partial charge is 0.320 e. The fraction of sp³-hybridized carbons (Fsp3) is 0. The second-order valence-corrected chi connectivity index (χ2v) is 3.42. The quantitative estimate of drug-likeness (QED) is 0.673. The summed E-state index contributed by atoms with van der Waals surface area (Å²) in [6.07, 6.45) is 4.22. The minimum atomic E-state index is -0.261. The van der Waals surface area contributed by atoms with Gasteiger partial charge in [-0.2, -0.15) is 0 Å². The van der Waals surface area contributed by atoms with E-state index in [1.807, 2.05) is 0 Å². The minimum absolute atomic E-state index is 0.261. The molecular formula is C12H7FN3. The molecule has 0 unspecified atom stereocenters. The first-order chi connectivity index (χ1) is 7.84. The molecule has 1 radical (unpaired) electrons. The van der Waals surface area contributed by atoms with Crippen molar-refractivity contribution in [2.24, 2.45) is 0 Å². The van der Waals surface area contributed by atoms with E-state index >= 15 is 0 Å². The maximum Gasteiger partial charge on any atom is 0.175 e. The third-order valence-electron chi connectivity index (χ3n) is 2.40. The number of imidazole rings is 1. The molecule has 0 aliphatic carbocycles. The summed E-state index contributed by atoms with van der Waals surface area (Å²) in [6.45, 7) is 0. The normalized spacial score (nSPS) is 10.8. The zero-order valence-corrected chi connectivity index (χ0v) is 8.24. The number of aromatic nitrogens is 3. The molecule has 1 N–H and O–H groups in total. The molecule has 0 bridgehead atoms. The Morgan fingerprint density at radius 2 is 2.12 bits per heavy atom. The zero-order chi connectivity index (χ0) is 11.0. The highest BCUT2D eigenvalue weighted by molar-refractivity contribution is 5.77. The SMILES string of the molecule is Fc1ccccc1-c1cnc2[nH][c]nc2c1. The van der Waals surface area contributed by atoms with Crippen molar-refractivity contribution in [2.45, 2.75) is 0 Å². The summed E-state index contributed by atoms with van der Waals surface area (Å²) >= 11 is 0. The van der Waals surface area contributed by atoms with Gasteiger partial charge in [-0.1, -0.05) is 18.2 Å². The molecule has 0 aliphatic heterocycles. The first-order valence-electron chi connectivity index (χ1n) is 4.81. The van der Waals surface area contributed by atoms with Gasteiger partial charge in [-0.15, -0.1) is 0 Å². The van der Waals surface area contributed by atoms with E-state index in [1.54, 1.807) is 30.5 Å². The molecule has 0 aliphatic rings. The van der Waals surface area contributed by atoms with Crippen LogP contribution < -0.4 is 0 Å². The van der Waals surface area contributed by atoms with Crippen molar-refractivity contribution in [3.8, 4) is 11.1 Å². The highest BCUT2D eigenvalue weighted by Gasteiger charge is 2.06. The highest BCUT2D eigenvalue weighted by Crippen LogP contribution is 2.23. The van der Waals surface area contributed by atoms with E-state index in [4.69, 9.17) is 0 Å². The van der Waals surface area contributed by atoms with Crippen LogP contribution in [0.15, 0.2) is 36.5 Å². The number of H-pyrrole nitrogens is 1. The molecule has 2 aromatic heterocycles. The first kappa shape index (κ1) is 9.03. The van der Waals surface area contributed by atoms with Gasteiger partial charge in [0.1, 0.15) is 11.3 Å². The molecule has 0 amide bonds.